The third-order valence-corrected chi connectivity index (χ3v) is 22.9. The van der Waals surface area contributed by atoms with E-state index in [9.17, 15) is 24.6 Å². The molecule has 11 aromatic rings. The molecule has 17 rings (SSSR count). The van der Waals surface area contributed by atoms with Gasteiger partial charge in [-0.1, -0.05) is 95.0 Å². The molecule has 0 bridgehead atoms. The van der Waals surface area contributed by atoms with Crippen LogP contribution in [0.3, 0.4) is 0 Å². The zero-order chi connectivity index (χ0) is 83.2. The molecule has 3 aliphatic carbocycles. The Bertz CT molecular complexity index is 5760. The van der Waals surface area contributed by atoms with Crippen LogP contribution in [0.1, 0.15) is 157 Å². The van der Waals surface area contributed by atoms with Crippen molar-refractivity contribution in [3.05, 3.63) is 307 Å². The summed E-state index contributed by atoms with van der Waals surface area (Å²) in [5.41, 5.74) is 22.0. The van der Waals surface area contributed by atoms with Crippen LogP contribution in [0.15, 0.2) is 189 Å². The van der Waals surface area contributed by atoms with Gasteiger partial charge in [0.1, 0.15) is 30.0 Å². The number of anilines is 2. The summed E-state index contributed by atoms with van der Waals surface area (Å²) in [7, 11) is 1.88. The van der Waals surface area contributed by atoms with E-state index in [0.29, 0.717) is 112 Å². The molecule has 25 nitrogen and oxygen atoms in total. The second kappa shape index (κ2) is 35.6. The van der Waals surface area contributed by atoms with Crippen molar-refractivity contribution in [2.75, 3.05) is 89.2 Å². The molecule has 5 amide bonds. The average Bonchev–Trinajstić information content (AvgIpc) is 1.64. The number of hydrogen-bond acceptors (Lipinski definition) is 17. The van der Waals surface area contributed by atoms with E-state index in [1.807, 2.05) is 109 Å². The number of aliphatic hydroxyl groups is 2. The topological polar surface area (TPSA) is 284 Å². The molecule has 9 heterocycles. The summed E-state index contributed by atoms with van der Waals surface area (Å²) in [6.07, 6.45) is 21.7. The number of carbonyl (C=O) groups is 3. The molecule has 6 aromatic heterocycles. The molecule has 119 heavy (non-hydrogen) atoms. The van der Waals surface area contributed by atoms with Gasteiger partial charge < -0.3 is 54.0 Å². The first-order chi connectivity index (χ1) is 57.5. The molecule has 6 aliphatic rings. The number of urea groups is 2. The Morgan fingerprint density at radius 3 is 1.55 bits per heavy atom. The van der Waals surface area contributed by atoms with Gasteiger partial charge in [-0.3, -0.25) is 29.7 Å². The average molecular weight is 1610 g/mol. The quantitative estimate of drug-likeness (QED) is 0.0884. The second-order valence-corrected chi connectivity index (χ2v) is 32.3. The number of allylic oxidation sites excluding steroid dienone is 2. The Hall–Kier alpha value is -12.7. The molecular formula is C93H96ClN19O6. The van der Waals surface area contributed by atoms with Gasteiger partial charge in [-0.2, -0.15) is 10.5 Å². The molecule has 4 atom stereocenters. The molecule has 3 aliphatic heterocycles. The number of hydrogen-bond donors (Lipinski definition) is 4. The fraction of sp³-hybridized carbons (Fsp3) is 0.301. The highest BCUT2D eigenvalue weighted by molar-refractivity contribution is 6.30. The van der Waals surface area contributed by atoms with E-state index < -0.39 is 11.7 Å². The fourth-order valence-corrected chi connectivity index (χ4v) is 16.8. The first-order valence-electron chi connectivity index (χ1n) is 40.1. The number of pyridine rings is 3. The number of aryl methyl sites for hydroxylation is 5. The van der Waals surface area contributed by atoms with Crippen molar-refractivity contribution < 1.29 is 29.3 Å². The predicted molar refractivity (Wildman–Crippen MR) is 460 cm³/mol. The monoisotopic (exact) mass is 1610 g/mol. The molecule has 606 valence electrons. The molecule has 3 fully saturated rings. The summed E-state index contributed by atoms with van der Waals surface area (Å²) >= 11 is 6.53. The Balaban J connectivity index is 0.000000140. The second-order valence-electron chi connectivity index (χ2n) is 31.9. The van der Waals surface area contributed by atoms with Gasteiger partial charge in [0.15, 0.2) is 0 Å². The summed E-state index contributed by atoms with van der Waals surface area (Å²) in [6, 6.07) is 47.1. The number of nitrogens with zero attached hydrogens (tertiary/aromatic N) is 17. The number of amides is 5. The summed E-state index contributed by atoms with van der Waals surface area (Å²) in [6.45, 7) is 22.7. The molecular weight excluding hydrogens is 1510 g/mol. The van der Waals surface area contributed by atoms with Gasteiger partial charge in [0, 0.05) is 159 Å². The Kier molecular flexibility index (Phi) is 24.4. The summed E-state index contributed by atoms with van der Waals surface area (Å²) in [4.78, 5) is 79.0. The normalized spacial score (nSPS) is 17.4. The number of benzene rings is 5. The van der Waals surface area contributed by atoms with Gasteiger partial charge in [-0.15, -0.1) is 0 Å². The zero-order valence-electron chi connectivity index (χ0n) is 68.1. The van der Waals surface area contributed by atoms with Crippen LogP contribution in [0.25, 0.3) is 34.9 Å². The van der Waals surface area contributed by atoms with E-state index in [2.05, 4.69) is 157 Å². The first kappa shape index (κ1) is 81.4. The molecule has 5 aromatic carbocycles. The molecule has 26 heteroatoms. The Morgan fingerprint density at radius 2 is 1.03 bits per heavy atom. The molecule has 0 saturated carbocycles. The SMILES string of the molecule is Cc1ccc2c(c1)C(C(O)c1cncn1C)=Cc1cccnc1[C@H]2N1CCN(C(=O)Nc2ccc(C#N)cc2)CC1.Cc1ccc2c(c1)C(Cn1ccnc1CO)=Cc1cccnc1C2N1CCN(C(=O)OC(C)(C)C)CC1.Cc1ccc2c(c1)C=C(Cn1ccnc1C)c1cc(Cl)cnc1C2N1CCN(C(=O)Nc2ccc(C#N)cc2)CC1. The number of carbonyl (C=O) groups excluding carboxylic acids is 3. The summed E-state index contributed by atoms with van der Waals surface area (Å²) < 4.78 is 11.6. The number of nitrogens with one attached hydrogen (secondary N) is 2. The number of aromatic nitrogens is 9. The van der Waals surface area contributed by atoms with E-state index in [-0.39, 0.29) is 42.9 Å². The molecule has 4 N–H and O–H groups in total. The largest absolute Gasteiger partial charge is 0.444 e. The minimum Gasteiger partial charge on any atom is -0.444 e. The number of aliphatic hydroxyl groups excluding tert-OH is 2. The van der Waals surface area contributed by atoms with E-state index in [1.54, 1.807) is 78.3 Å². The fourth-order valence-electron chi connectivity index (χ4n) is 16.6. The van der Waals surface area contributed by atoms with Gasteiger partial charge >= 0.3 is 18.2 Å². The number of fused-ring (bicyclic) bond motifs is 6. The van der Waals surface area contributed by atoms with Crippen molar-refractivity contribution in [1.29, 1.82) is 10.5 Å². The van der Waals surface area contributed by atoms with Crippen LogP contribution < -0.4 is 10.6 Å². The third-order valence-electron chi connectivity index (χ3n) is 22.7. The van der Waals surface area contributed by atoms with Crippen molar-refractivity contribution >= 4 is 76.1 Å². The van der Waals surface area contributed by atoms with Gasteiger partial charge in [0.25, 0.3) is 0 Å². The molecule has 0 radical (unpaired) electrons. The van der Waals surface area contributed by atoms with Crippen LogP contribution in [-0.4, -0.2) is 186 Å². The number of piperazine rings is 3. The van der Waals surface area contributed by atoms with Crippen molar-refractivity contribution in [3.8, 4) is 12.1 Å². The minimum atomic E-state index is -0.863. The lowest BCUT2D eigenvalue weighted by atomic mass is 9.89. The van der Waals surface area contributed by atoms with Crippen LogP contribution in [0.4, 0.5) is 25.8 Å². The van der Waals surface area contributed by atoms with Gasteiger partial charge in [0.2, 0.25) is 0 Å². The van der Waals surface area contributed by atoms with Crippen LogP contribution in [0.5, 0.6) is 0 Å². The smallest absolute Gasteiger partial charge is 0.410 e. The van der Waals surface area contributed by atoms with Crippen molar-refractivity contribution in [3.63, 3.8) is 0 Å². The zero-order valence-corrected chi connectivity index (χ0v) is 68.8. The maximum Gasteiger partial charge on any atom is 0.410 e. The number of ether oxygens (including phenoxy) is 1. The lowest BCUT2D eigenvalue weighted by Crippen LogP contribution is -2.51. The third kappa shape index (κ3) is 18.2. The van der Waals surface area contributed by atoms with Gasteiger partial charge in [-0.05, 0) is 195 Å². The van der Waals surface area contributed by atoms with Crippen molar-refractivity contribution in [1.82, 2.24) is 73.0 Å². The Labute approximate surface area is 698 Å². The van der Waals surface area contributed by atoms with Crippen LogP contribution in [0, 0.1) is 50.4 Å². The molecule has 3 saturated heterocycles. The highest BCUT2D eigenvalue weighted by Gasteiger charge is 2.39. The highest BCUT2D eigenvalue weighted by atomic mass is 35.5. The molecule has 0 spiro atoms. The number of imidazole rings is 3. The van der Waals surface area contributed by atoms with E-state index in [4.69, 9.17) is 41.8 Å². The standard InChI is InChI=1S/C32H30ClN7O.C32H31N7O2.C29H35N5O3/c1-21-3-8-28-24(15-21)16-25(20-40-10-9-35-22(40)2)29-17-26(33)19-36-30(29)31(28)38-11-13-39(14-12-38)32(41)37-27-6-4-23(18-34)5-7-27;1-21-5-10-25-26(16-21)27(31(40)28-19-34-20-37(28)2)17-23-4-3-11-35-29(23)30(25)38-12-14-39(15-13-38)32(41)36-24-8-6-22(18-33)7-9-24;1-20-7-8-23-24(16-20)22(18-34-11-10-30-25(34)19-35)17-21-6-5-9-31-26(21)27(23)32-12-14-33(15-13-32)28(36)37-29(2,3)4/h3-10,15-17,19,31H,11-14,20H2,1-2H3,(H,37,41);3-11,16-17,19-20,30-31,40H,12-15H2,1-2H3,(H,36,41);5-11,16-17,27,35H,12-15,18-19H2,1-4H3/t;30-,31?;/m.0./s1. The van der Waals surface area contributed by atoms with Crippen LogP contribution in [0.2, 0.25) is 5.02 Å². The Morgan fingerprint density at radius 1 is 0.538 bits per heavy atom. The van der Waals surface area contributed by atoms with E-state index in [1.165, 1.54) is 27.8 Å². The lowest BCUT2D eigenvalue weighted by molar-refractivity contribution is 0.0117. The molecule has 3 unspecified atom stereocenters. The maximum absolute atomic E-state index is 13.0. The lowest BCUT2D eigenvalue weighted by Gasteiger charge is -2.40. The first-order valence-corrected chi connectivity index (χ1v) is 40.5. The number of nitriles is 2. The highest BCUT2D eigenvalue weighted by Crippen LogP contribution is 2.46. The number of halogens is 1. The van der Waals surface area contributed by atoms with Crippen LogP contribution >= 0.6 is 11.6 Å². The van der Waals surface area contributed by atoms with Gasteiger partial charge in [0.05, 0.1) is 81.7 Å². The summed E-state index contributed by atoms with van der Waals surface area (Å²) in [5.74, 6) is 1.59. The minimum absolute atomic E-state index is 0.0403. The predicted octanol–water partition coefficient (Wildman–Crippen LogP) is 14.7. The van der Waals surface area contributed by atoms with E-state index >= 15 is 0 Å². The van der Waals surface area contributed by atoms with E-state index in [0.717, 1.165) is 97.4 Å². The van der Waals surface area contributed by atoms with Crippen molar-refractivity contribution in [2.45, 2.75) is 98.0 Å². The van der Waals surface area contributed by atoms with Crippen molar-refractivity contribution in [2.24, 2.45) is 7.05 Å². The number of rotatable bonds is 12. The van der Waals surface area contributed by atoms with Crippen LogP contribution in [-0.2, 0) is 31.5 Å². The summed E-state index contributed by atoms with van der Waals surface area (Å²) in [5, 5.41) is 45.9. The maximum atomic E-state index is 13.0. The van der Waals surface area contributed by atoms with Gasteiger partial charge in [-0.25, -0.2) is 29.3 Å².